The lowest BCUT2D eigenvalue weighted by atomic mass is 10.2. The number of nitrogens with one attached hydrogen (secondary N) is 1. The molecule has 0 radical (unpaired) electrons. The van der Waals surface area contributed by atoms with Crippen LogP contribution in [0.3, 0.4) is 0 Å². The largest absolute Gasteiger partial charge is 0.496 e. The Balaban J connectivity index is 2.83. The van der Waals surface area contributed by atoms with E-state index in [-0.39, 0.29) is 5.82 Å². The summed E-state index contributed by atoms with van der Waals surface area (Å²) >= 11 is 0. The van der Waals surface area contributed by atoms with Crippen LogP contribution >= 0.6 is 0 Å². The molecule has 4 heteroatoms. The molecular weight excluding hydrogens is 183 g/mol. The van der Waals surface area contributed by atoms with Gasteiger partial charge in [-0.2, -0.15) is 5.26 Å². The molecule has 0 saturated heterocycles. The zero-order chi connectivity index (χ0) is 10.1. The summed E-state index contributed by atoms with van der Waals surface area (Å²) in [6, 6.07) is 6.32. The van der Waals surface area contributed by atoms with Crippen LogP contribution in [0.1, 0.15) is 5.69 Å². The number of benzene rings is 1. The number of nitrogens with zero attached hydrogens (tertiary/aromatic N) is 1. The molecule has 3 nitrogen and oxygen atoms in total. The molecule has 0 fully saturated rings. The van der Waals surface area contributed by atoms with Crippen LogP contribution in [-0.4, -0.2) is 12.1 Å². The van der Waals surface area contributed by atoms with E-state index in [2.05, 4.69) is 4.98 Å². The number of nitriles is 1. The minimum atomic E-state index is -0.387. The number of aromatic amines is 1. The molecule has 0 bridgehead atoms. The van der Waals surface area contributed by atoms with Crippen molar-refractivity contribution in [3.63, 3.8) is 0 Å². The molecule has 1 N–H and O–H groups in total. The predicted molar refractivity (Wildman–Crippen MR) is 49.5 cm³/mol. The van der Waals surface area contributed by atoms with E-state index in [9.17, 15) is 4.39 Å². The van der Waals surface area contributed by atoms with Crippen LogP contribution in [0.4, 0.5) is 4.39 Å². The number of hydrogen-bond acceptors (Lipinski definition) is 2. The fraction of sp³-hybridized carbons (Fsp3) is 0.100. The molecule has 1 aromatic heterocycles. The summed E-state index contributed by atoms with van der Waals surface area (Å²) < 4.78 is 18.3. The van der Waals surface area contributed by atoms with E-state index in [1.807, 2.05) is 6.07 Å². The van der Waals surface area contributed by atoms with Crippen molar-refractivity contribution in [1.82, 2.24) is 4.98 Å². The summed E-state index contributed by atoms with van der Waals surface area (Å²) in [5.74, 6) is 0.168. The first kappa shape index (κ1) is 8.57. The van der Waals surface area contributed by atoms with Crippen LogP contribution in [0.2, 0.25) is 0 Å². The molecule has 0 saturated carbocycles. The first-order valence-electron chi connectivity index (χ1n) is 4.01. The van der Waals surface area contributed by atoms with Crippen molar-refractivity contribution in [2.24, 2.45) is 0 Å². The number of rotatable bonds is 1. The molecule has 2 aromatic rings. The molecule has 70 valence electrons. The second kappa shape index (κ2) is 3.04. The second-order valence-electron chi connectivity index (χ2n) is 2.83. The standard InChI is InChI=1S/C10H7FN2O/c1-14-9-3-2-8(11)10-7(9)4-6(5-12)13-10/h2-4,13H,1H3. The normalized spacial score (nSPS) is 10.1. The summed E-state index contributed by atoms with van der Waals surface area (Å²) in [7, 11) is 1.51. The Labute approximate surface area is 79.7 Å². The minimum absolute atomic E-state index is 0.306. The Morgan fingerprint density at radius 1 is 1.50 bits per heavy atom. The fourth-order valence-electron chi connectivity index (χ4n) is 1.40. The SMILES string of the molecule is COc1ccc(F)c2[nH]c(C#N)cc12. The molecular formula is C10H7FN2O. The van der Waals surface area contributed by atoms with E-state index in [4.69, 9.17) is 10.00 Å². The highest BCUT2D eigenvalue weighted by Gasteiger charge is 2.09. The lowest BCUT2D eigenvalue weighted by Crippen LogP contribution is -1.85. The number of aromatic nitrogens is 1. The minimum Gasteiger partial charge on any atom is -0.496 e. The third-order valence-electron chi connectivity index (χ3n) is 2.04. The first-order chi connectivity index (χ1) is 6.76. The maximum atomic E-state index is 13.3. The van der Waals surface area contributed by atoms with Gasteiger partial charge in [-0.3, -0.25) is 0 Å². The Morgan fingerprint density at radius 3 is 2.93 bits per heavy atom. The van der Waals surface area contributed by atoms with Gasteiger partial charge in [0.1, 0.15) is 23.3 Å². The molecule has 0 atom stereocenters. The average molecular weight is 190 g/mol. The van der Waals surface area contributed by atoms with Crippen LogP contribution in [0.5, 0.6) is 5.75 Å². The monoisotopic (exact) mass is 190 g/mol. The van der Waals surface area contributed by atoms with Gasteiger partial charge in [-0.15, -0.1) is 0 Å². The smallest absolute Gasteiger partial charge is 0.147 e. The Kier molecular flexibility index (Phi) is 1.86. The molecule has 1 heterocycles. The van der Waals surface area contributed by atoms with Gasteiger partial charge in [0.25, 0.3) is 0 Å². The third kappa shape index (κ3) is 1.11. The first-order valence-corrected chi connectivity index (χ1v) is 4.01. The quantitative estimate of drug-likeness (QED) is 0.749. The Bertz CT molecular complexity index is 525. The van der Waals surface area contributed by atoms with Crippen molar-refractivity contribution in [3.8, 4) is 11.8 Å². The van der Waals surface area contributed by atoms with Crippen LogP contribution in [-0.2, 0) is 0 Å². The highest BCUT2D eigenvalue weighted by Crippen LogP contribution is 2.27. The van der Waals surface area contributed by atoms with Gasteiger partial charge < -0.3 is 9.72 Å². The van der Waals surface area contributed by atoms with Gasteiger partial charge in [-0.05, 0) is 18.2 Å². The molecule has 0 aliphatic carbocycles. The van der Waals surface area contributed by atoms with E-state index in [1.54, 1.807) is 6.07 Å². The van der Waals surface area contributed by atoms with Gasteiger partial charge in [-0.1, -0.05) is 0 Å². The van der Waals surface area contributed by atoms with Crippen LogP contribution in [0.15, 0.2) is 18.2 Å². The van der Waals surface area contributed by atoms with Crippen molar-refractivity contribution >= 4 is 10.9 Å². The van der Waals surface area contributed by atoms with E-state index >= 15 is 0 Å². The summed E-state index contributed by atoms with van der Waals surface area (Å²) in [5.41, 5.74) is 0.629. The summed E-state index contributed by atoms with van der Waals surface area (Å²) in [5, 5.41) is 9.24. The van der Waals surface area contributed by atoms with Crippen molar-refractivity contribution in [2.45, 2.75) is 0 Å². The molecule has 14 heavy (non-hydrogen) atoms. The maximum Gasteiger partial charge on any atom is 0.147 e. The maximum absolute atomic E-state index is 13.3. The van der Waals surface area contributed by atoms with E-state index < -0.39 is 0 Å². The molecule has 1 aromatic carbocycles. The van der Waals surface area contributed by atoms with Crippen LogP contribution in [0, 0.1) is 17.1 Å². The van der Waals surface area contributed by atoms with Gasteiger partial charge in [0.15, 0.2) is 0 Å². The van der Waals surface area contributed by atoms with E-state index in [1.165, 1.54) is 19.2 Å². The predicted octanol–water partition coefficient (Wildman–Crippen LogP) is 2.19. The van der Waals surface area contributed by atoms with Gasteiger partial charge in [0.2, 0.25) is 0 Å². The zero-order valence-corrected chi connectivity index (χ0v) is 7.47. The van der Waals surface area contributed by atoms with Gasteiger partial charge in [-0.25, -0.2) is 4.39 Å². The molecule has 0 unspecified atom stereocenters. The molecule has 0 aliphatic rings. The highest BCUT2D eigenvalue weighted by atomic mass is 19.1. The Hall–Kier alpha value is -2.02. The third-order valence-corrected chi connectivity index (χ3v) is 2.04. The summed E-state index contributed by atoms with van der Waals surface area (Å²) in [6.45, 7) is 0. The summed E-state index contributed by atoms with van der Waals surface area (Å²) in [6.07, 6.45) is 0. The van der Waals surface area contributed by atoms with E-state index in [0.717, 1.165) is 0 Å². The number of halogens is 1. The van der Waals surface area contributed by atoms with Crippen molar-refractivity contribution in [2.75, 3.05) is 7.11 Å². The van der Waals surface area contributed by atoms with Crippen LogP contribution in [0.25, 0.3) is 10.9 Å². The van der Waals surface area contributed by atoms with E-state index in [0.29, 0.717) is 22.3 Å². The highest BCUT2D eigenvalue weighted by molar-refractivity contribution is 5.87. The van der Waals surface area contributed by atoms with Crippen molar-refractivity contribution < 1.29 is 9.13 Å². The van der Waals surface area contributed by atoms with Crippen molar-refractivity contribution in [1.29, 1.82) is 5.26 Å². The zero-order valence-electron chi connectivity index (χ0n) is 7.47. The van der Waals surface area contributed by atoms with Gasteiger partial charge in [0.05, 0.1) is 12.6 Å². The second-order valence-corrected chi connectivity index (χ2v) is 2.83. The van der Waals surface area contributed by atoms with Crippen LogP contribution < -0.4 is 4.74 Å². The number of fused-ring (bicyclic) bond motifs is 1. The lowest BCUT2D eigenvalue weighted by molar-refractivity contribution is 0.419. The summed E-state index contributed by atoms with van der Waals surface area (Å²) in [4.78, 5) is 2.67. The molecule has 2 rings (SSSR count). The Morgan fingerprint density at radius 2 is 2.29 bits per heavy atom. The topological polar surface area (TPSA) is 48.8 Å². The average Bonchev–Trinajstić information content (AvgIpc) is 2.63. The number of H-pyrrole nitrogens is 1. The van der Waals surface area contributed by atoms with Crippen molar-refractivity contribution in [3.05, 3.63) is 29.7 Å². The fourth-order valence-corrected chi connectivity index (χ4v) is 1.40. The molecule has 0 spiro atoms. The number of methoxy groups -OCH3 is 1. The molecule has 0 amide bonds. The van der Waals surface area contributed by atoms with Gasteiger partial charge in [0, 0.05) is 5.39 Å². The molecule has 0 aliphatic heterocycles. The lowest BCUT2D eigenvalue weighted by Gasteiger charge is -2.00. The van der Waals surface area contributed by atoms with Gasteiger partial charge >= 0.3 is 0 Å². The number of ether oxygens (including phenoxy) is 1. The number of hydrogen-bond donors (Lipinski definition) is 1.